The highest BCUT2D eigenvalue weighted by Crippen LogP contribution is 2.20. The van der Waals surface area contributed by atoms with Crippen molar-refractivity contribution in [2.75, 3.05) is 5.32 Å². The van der Waals surface area contributed by atoms with Crippen molar-refractivity contribution >= 4 is 18.0 Å². The van der Waals surface area contributed by atoms with E-state index in [1.807, 2.05) is 43.3 Å². The zero-order valence-corrected chi connectivity index (χ0v) is 12.7. The molecule has 0 bridgehead atoms. The molecule has 2 heterocycles. The molecule has 0 spiro atoms. The molecule has 0 aliphatic rings. The quantitative estimate of drug-likeness (QED) is 0.748. The van der Waals surface area contributed by atoms with E-state index < -0.39 is 0 Å². The lowest BCUT2D eigenvalue weighted by Gasteiger charge is -1.96. The SMILES string of the molecule is Cc1cc(-c2nnc(NC(=O)/C=C/c3ccccc3)o2)n(C)n1. The van der Waals surface area contributed by atoms with Crippen molar-refractivity contribution in [1.29, 1.82) is 0 Å². The number of aromatic nitrogens is 4. The fourth-order valence-electron chi connectivity index (χ4n) is 2.07. The average molecular weight is 309 g/mol. The minimum absolute atomic E-state index is 0.0431. The molecular formula is C16H15N5O2. The normalized spacial score (nSPS) is 11.0. The Kier molecular flexibility index (Phi) is 4.01. The Balaban J connectivity index is 1.68. The largest absolute Gasteiger partial charge is 0.401 e. The van der Waals surface area contributed by atoms with Crippen LogP contribution >= 0.6 is 0 Å². The molecule has 1 N–H and O–H groups in total. The summed E-state index contributed by atoms with van der Waals surface area (Å²) in [5.74, 6) is -0.0410. The molecule has 0 aliphatic heterocycles. The fourth-order valence-corrected chi connectivity index (χ4v) is 2.07. The Labute approximate surface area is 132 Å². The Hall–Kier alpha value is -3.22. The summed E-state index contributed by atoms with van der Waals surface area (Å²) in [6, 6.07) is 11.4. The van der Waals surface area contributed by atoms with Crippen LogP contribution in [0.5, 0.6) is 0 Å². The fraction of sp³-hybridized carbons (Fsp3) is 0.125. The van der Waals surface area contributed by atoms with Crippen molar-refractivity contribution in [3.63, 3.8) is 0 Å². The second-order valence-corrected chi connectivity index (χ2v) is 4.94. The highest BCUT2D eigenvalue weighted by molar-refractivity contribution is 6.00. The number of hydrogen-bond acceptors (Lipinski definition) is 5. The number of aryl methyl sites for hydroxylation is 2. The molecule has 0 saturated carbocycles. The minimum atomic E-state index is -0.342. The van der Waals surface area contributed by atoms with Crippen LogP contribution in [0.25, 0.3) is 17.7 Å². The van der Waals surface area contributed by atoms with Gasteiger partial charge in [-0.05, 0) is 24.6 Å². The van der Waals surface area contributed by atoms with Gasteiger partial charge in [-0.15, -0.1) is 5.10 Å². The molecule has 3 rings (SSSR count). The van der Waals surface area contributed by atoms with E-state index in [1.54, 1.807) is 17.8 Å². The molecule has 3 aromatic rings. The predicted molar refractivity (Wildman–Crippen MR) is 85.3 cm³/mol. The van der Waals surface area contributed by atoms with Crippen molar-refractivity contribution in [3.8, 4) is 11.6 Å². The average Bonchev–Trinajstić information content (AvgIpc) is 3.12. The first-order valence-electron chi connectivity index (χ1n) is 7.00. The third-order valence-corrected chi connectivity index (χ3v) is 3.10. The van der Waals surface area contributed by atoms with Crippen LogP contribution < -0.4 is 5.32 Å². The number of carbonyl (C=O) groups excluding carboxylic acids is 1. The highest BCUT2D eigenvalue weighted by atomic mass is 16.4. The molecule has 0 radical (unpaired) electrons. The topological polar surface area (TPSA) is 85.8 Å². The molecule has 0 saturated heterocycles. The van der Waals surface area contributed by atoms with E-state index in [9.17, 15) is 4.79 Å². The number of rotatable bonds is 4. The summed E-state index contributed by atoms with van der Waals surface area (Å²) >= 11 is 0. The van der Waals surface area contributed by atoms with Gasteiger partial charge >= 0.3 is 6.01 Å². The lowest BCUT2D eigenvalue weighted by atomic mass is 10.2. The Bertz CT molecular complexity index is 848. The van der Waals surface area contributed by atoms with E-state index in [-0.39, 0.29) is 11.9 Å². The molecule has 0 aliphatic carbocycles. The van der Waals surface area contributed by atoms with Gasteiger partial charge in [0.25, 0.3) is 11.8 Å². The van der Waals surface area contributed by atoms with Crippen LogP contribution in [0.1, 0.15) is 11.3 Å². The lowest BCUT2D eigenvalue weighted by molar-refractivity contribution is -0.112. The van der Waals surface area contributed by atoms with Crippen LogP contribution in [0.15, 0.2) is 46.9 Å². The summed E-state index contributed by atoms with van der Waals surface area (Å²) in [5, 5.41) is 14.5. The smallest absolute Gasteiger partial charge is 0.322 e. The van der Waals surface area contributed by atoms with Gasteiger partial charge in [0.2, 0.25) is 0 Å². The Morgan fingerprint density at radius 2 is 2.04 bits per heavy atom. The third-order valence-electron chi connectivity index (χ3n) is 3.10. The minimum Gasteiger partial charge on any atom is -0.401 e. The van der Waals surface area contributed by atoms with Crippen LogP contribution in [0.4, 0.5) is 6.01 Å². The number of nitrogens with one attached hydrogen (secondary N) is 1. The number of carbonyl (C=O) groups is 1. The first kappa shape index (κ1) is 14.7. The van der Waals surface area contributed by atoms with Gasteiger partial charge in [-0.3, -0.25) is 14.8 Å². The second kappa shape index (κ2) is 6.27. The molecule has 116 valence electrons. The third kappa shape index (κ3) is 3.52. The Morgan fingerprint density at radius 3 is 2.74 bits per heavy atom. The molecule has 0 fully saturated rings. The van der Waals surface area contributed by atoms with Gasteiger partial charge in [-0.1, -0.05) is 35.4 Å². The number of hydrogen-bond donors (Lipinski definition) is 1. The van der Waals surface area contributed by atoms with Crippen LogP contribution in [0, 0.1) is 6.92 Å². The van der Waals surface area contributed by atoms with Crippen LogP contribution in [0.3, 0.4) is 0 Å². The molecule has 0 unspecified atom stereocenters. The predicted octanol–water partition coefficient (Wildman–Crippen LogP) is 2.43. The van der Waals surface area contributed by atoms with Gasteiger partial charge in [0.15, 0.2) is 0 Å². The molecular weight excluding hydrogens is 294 g/mol. The number of amides is 1. The van der Waals surface area contributed by atoms with E-state index in [4.69, 9.17) is 4.42 Å². The maximum absolute atomic E-state index is 11.9. The van der Waals surface area contributed by atoms with Crippen molar-refractivity contribution in [2.24, 2.45) is 7.05 Å². The summed E-state index contributed by atoms with van der Waals surface area (Å²) < 4.78 is 7.08. The van der Waals surface area contributed by atoms with Crippen LogP contribution in [-0.4, -0.2) is 25.9 Å². The number of benzene rings is 1. The molecule has 2 aromatic heterocycles. The maximum atomic E-state index is 11.9. The van der Waals surface area contributed by atoms with Crippen molar-refractivity contribution in [1.82, 2.24) is 20.0 Å². The molecule has 7 heteroatoms. The summed E-state index contributed by atoms with van der Waals surface area (Å²) in [5.41, 5.74) is 2.46. The summed E-state index contributed by atoms with van der Waals surface area (Å²) in [6.07, 6.45) is 3.12. The number of anilines is 1. The first-order valence-corrected chi connectivity index (χ1v) is 7.00. The van der Waals surface area contributed by atoms with Crippen molar-refractivity contribution in [3.05, 3.63) is 53.7 Å². The zero-order valence-electron chi connectivity index (χ0n) is 12.7. The van der Waals surface area contributed by atoms with Gasteiger partial charge in [-0.2, -0.15) is 5.10 Å². The first-order chi connectivity index (χ1) is 11.1. The van der Waals surface area contributed by atoms with Crippen molar-refractivity contribution in [2.45, 2.75) is 6.92 Å². The van der Waals surface area contributed by atoms with Gasteiger partial charge in [0, 0.05) is 13.1 Å². The van der Waals surface area contributed by atoms with E-state index >= 15 is 0 Å². The highest BCUT2D eigenvalue weighted by Gasteiger charge is 2.14. The van der Waals surface area contributed by atoms with Crippen LogP contribution in [-0.2, 0) is 11.8 Å². The monoisotopic (exact) mass is 309 g/mol. The van der Waals surface area contributed by atoms with E-state index in [1.165, 1.54) is 6.08 Å². The standard InChI is InChI=1S/C16H15N5O2/c1-11-10-13(21(2)20-11)15-18-19-16(23-15)17-14(22)9-8-12-6-4-3-5-7-12/h3-10H,1-2H3,(H,17,19,22)/b9-8+. The molecule has 1 aromatic carbocycles. The summed E-state index contributed by atoms with van der Waals surface area (Å²) in [7, 11) is 1.79. The van der Waals surface area contributed by atoms with Crippen LogP contribution in [0.2, 0.25) is 0 Å². The van der Waals surface area contributed by atoms with E-state index in [0.717, 1.165) is 11.3 Å². The molecule has 7 nitrogen and oxygen atoms in total. The zero-order chi connectivity index (χ0) is 16.2. The van der Waals surface area contributed by atoms with Gasteiger partial charge in [0.05, 0.1) is 5.69 Å². The van der Waals surface area contributed by atoms with E-state index in [2.05, 4.69) is 20.6 Å². The maximum Gasteiger partial charge on any atom is 0.322 e. The lowest BCUT2D eigenvalue weighted by Crippen LogP contribution is -2.07. The Morgan fingerprint density at radius 1 is 1.26 bits per heavy atom. The van der Waals surface area contributed by atoms with E-state index in [0.29, 0.717) is 11.6 Å². The van der Waals surface area contributed by atoms with Gasteiger partial charge in [-0.25, -0.2) is 0 Å². The summed E-state index contributed by atoms with van der Waals surface area (Å²) in [6.45, 7) is 1.87. The number of nitrogens with zero attached hydrogens (tertiary/aromatic N) is 4. The molecule has 0 atom stereocenters. The molecule has 23 heavy (non-hydrogen) atoms. The molecule has 1 amide bonds. The second-order valence-electron chi connectivity index (χ2n) is 4.94. The van der Waals surface area contributed by atoms with Gasteiger partial charge < -0.3 is 4.42 Å². The van der Waals surface area contributed by atoms with Crippen molar-refractivity contribution < 1.29 is 9.21 Å². The summed E-state index contributed by atoms with van der Waals surface area (Å²) in [4.78, 5) is 11.9. The van der Waals surface area contributed by atoms with Gasteiger partial charge in [0.1, 0.15) is 5.69 Å².